The molecular weight excluding hydrogens is 1080 g/mol. The SMILES string of the molecule is C.CCCC.CCCC(=O)N1CCN(CCCn2c(=O)c(-c3c(Cl)c(OC)cc(OC)c3Cl)cc3cnc(NC)nc32)CC1.CNc1ncc2cc(-c3c(Cl)c(OC)cc(OC)c3Cl)c(=O)n(CCCN3CCNCC3)c2n1. The van der Waals surface area contributed by atoms with E-state index in [1.807, 2.05) is 11.8 Å². The molecule has 0 spiro atoms. The lowest BCUT2D eigenvalue weighted by Gasteiger charge is -2.34. The van der Waals surface area contributed by atoms with Crippen molar-refractivity contribution >= 4 is 86.3 Å². The van der Waals surface area contributed by atoms with Crippen LogP contribution in [0.5, 0.6) is 23.0 Å². The van der Waals surface area contributed by atoms with E-state index >= 15 is 0 Å². The van der Waals surface area contributed by atoms with E-state index in [1.165, 1.54) is 41.3 Å². The second-order valence-electron chi connectivity index (χ2n) is 18.3. The Balaban J connectivity index is 0.000000268. The summed E-state index contributed by atoms with van der Waals surface area (Å²) in [6.07, 6.45) is 8.94. The van der Waals surface area contributed by atoms with E-state index in [4.69, 9.17) is 65.4 Å². The molecule has 19 nitrogen and oxygen atoms in total. The summed E-state index contributed by atoms with van der Waals surface area (Å²) in [5.41, 5.74) is 1.88. The Hall–Kier alpha value is -5.67. The maximum atomic E-state index is 14.0. The number of rotatable bonds is 19. The van der Waals surface area contributed by atoms with Crippen molar-refractivity contribution in [3.8, 4) is 45.3 Å². The van der Waals surface area contributed by atoms with E-state index in [2.05, 4.69) is 59.5 Å². The highest BCUT2D eigenvalue weighted by molar-refractivity contribution is 6.42. The quantitative estimate of drug-likeness (QED) is 0.0693. The number of anilines is 2. The average Bonchev–Trinajstić information content (AvgIpc) is 3.55. The van der Waals surface area contributed by atoms with Gasteiger partial charge in [0, 0.05) is 132 Å². The lowest BCUT2D eigenvalue weighted by atomic mass is 10.0. The average molecular weight is 1160 g/mol. The van der Waals surface area contributed by atoms with Gasteiger partial charge >= 0.3 is 0 Å². The number of aromatic nitrogens is 6. The van der Waals surface area contributed by atoms with Crippen molar-refractivity contribution < 1.29 is 23.7 Å². The number of nitrogens with zero attached hydrogens (tertiary/aromatic N) is 9. The van der Waals surface area contributed by atoms with E-state index in [1.54, 1.807) is 59.9 Å². The number of carbonyl (C=O) groups is 1. The van der Waals surface area contributed by atoms with Crippen molar-refractivity contribution in [3.05, 3.63) is 77.5 Å². The molecule has 0 bridgehead atoms. The highest BCUT2D eigenvalue weighted by atomic mass is 35.5. The molecule has 6 heterocycles. The van der Waals surface area contributed by atoms with Crippen molar-refractivity contribution in [2.75, 3.05) is 119 Å². The molecule has 0 aliphatic carbocycles. The lowest BCUT2D eigenvalue weighted by Crippen LogP contribution is -2.48. The van der Waals surface area contributed by atoms with Crippen LogP contribution in [0.15, 0.2) is 46.2 Å². The number of fused-ring (bicyclic) bond motifs is 2. The van der Waals surface area contributed by atoms with Crippen LogP contribution in [0.4, 0.5) is 11.9 Å². The minimum atomic E-state index is -0.280. The molecule has 3 N–H and O–H groups in total. The number of hydrogen-bond acceptors (Lipinski definition) is 16. The molecule has 0 atom stereocenters. The molecule has 0 unspecified atom stereocenters. The molecule has 23 heteroatoms. The number of nitrogens with one attached hydrogen (secondary N) is 3. The normalized spacial score (nSPS) is 13.7. The van der Waals surface area contributed by atoms with E-state index in [0.717, 1.165) is 78.3 Å². The van der Waals surface area contributed by atoms with Gasteiger partial charge in [-0.1, -0.05) is 87.4 Å². The zero-order valence-corrected chi connectivity index (χ0v) is 48.6. The Bertz CT molecular complexity index is 3030. The van der Waals surface area contributed by atoms with Crippen LogP contribution in [0.2, 0.25) is 20.1 Å². The van der Waals surface area contributed by atoms with Gasteiger partial charge in [0.05, 0.1) is 59.7 Å². The maximum Gasteiger partial charge on any atom is 0.260 e. The summed E-state index contributed by atoms with van der Waals surface area (Å²) in [6.45, 7) is 16.0. The van der Waals surface area contributed by atoms with Gasteiger partial charge < -0.3 is 44.7 Å². The number of methoxy groups -OCH3 is 4. The highest BCUT2D eigenvalue weighted by Crippen LogP contribution is 2.47. The number of amides is 1. The first kappa shape index (κ1) is 63.2. The molecule has 2 fully saturated rings. The molecule has 2 aliphatic rings. The number of hydrogen-bond donors (Lipinski definition) is 3. The number of benzene rings is 2. The summed E-state index contributed by atoms with van der Waals surface area (Å²) >= 11 is 26.6. The topological polar surface area (TPSA) is 195 Å². The molecular formula is C55H76Cl4N12O7. The number of aryl methyl sites for hydroxylation is 2. The Morgan fingerprint density at radius 1 is 0.577 bits per heavy atom. The Labute approximate surface area is 477 Å². The first-order valence-corrected chi connectivity index (χ1v) is 27.5. The Morgan fingerprint density at radius 2 is 0.962 bits per heavy atom. The number of unbranched alkanes of at least 4 members (excludes halogenated alkanes) is 1. The third-order valence-electron chi connectivity index (χ3n) is 13.4. The first-order valence-electron chi connectivity index (χ1n) is 26.0. The maximum absolute atomic E-state index is 14.0. The fraction of sp³-hybridized carbons (Fsp3) is 0.509. The molecule has 6 aromatic rings. The minimum Gasteiger partial charge on any atom is -0.495 e. The lowest BCUT2D eigenvalue weighted by molar-refractivity contribution is -0.133. The summed E-state index contributed by atoms with van der Waals surface area (Å²) in [7, 11) is 9.45. The monoisotopic (exact) mass is 1160 g/mol. The second-order valence-corrected chi connectivity index (χ2v) is 19.8. The summed E-state index contributed by atoms with van der Waals surface area (Å²) in [6, 6.07) is 6.61. The third-order valence-corrected chi connectivity index (χ3v) is 14.9. The van der Waals surface area contributed by atoms with Crippen molar-refractivity contribution in [1.82, 2.24) is 49.1 Å². The third kappa shape index (κ3) is 15.0. The van der Waals surface area contributed by atoms with Crippen LogP contribution in [0.3, 0.4) is 0 Å². The number of carbonyl (C=O) groups excluding carboxylic acids is 1. The van der Waals surface area contributed by atoms with Crippen molar-refractivity contribution in [1.29, 1.82) is 0 Å². The molecule has 78 heavy (non-hydrogen) atoms. The van der Waals surface area contributed by atoms with Crippen LogP contribution >= 0.6 is 46.4 Å². The summed E-state index contributed by atoms with van der Waals surface area (Å²) in [5.74, 6) is 2.49. The van der Waals surface area contributed by atoms with Crippen LogP contribution in [0, 0.1) is 0 Å². The van der Waals surface area contributed by atoms with E-state index in [9.17, 15) is 14.4 Å². The van der Waals surface area contributed by atoms with E-state index in [-0.39, 0.29) is 44.5 Å². The van der Waals surface area contributed by atoms with Gasteiger partial charge in [0.2, 0.25) is 17.8 Å². The highest BCUT2D eigenvalue weighted by Gasteiger charge is 2.26. The van der Waals surface area contributed by atoms with Gasteiger partial charge in [0.15, 0.2) is 0 Å². The van der Waals surface area contributed by atoms with Gasteiger partial charge in [-0.15, -0.1) is 0 Å². The zero-order valence-electron chi connectivity index (χ0n) is 45.6. The molecule has 2 aliphatic heterocycles. The zero-order chi connectivity index (χ0) is 55.8. The number of ether oxygens (including phenoxy) is 4. The summed E-state index contributed by atoms with van der Waals surface area (Å²) < 4.78 is 25.0. The minimum absolute atomic E-state index is 0. The fourth-order valence-corrected chi connectivity index (χ4v) is 10.4. The van der Waals surface area contributed by atoms with E-state index in [0.29, 0.717) is 105 Å². The van der Waals surface area contributed by atoms with Gasteiger partial charge in [-0.05, 0) is 44.5 Å². The van der Waals surface area contributed by atoms with Gasteiger partial charge in [-0.25, -0.2) is 9.97 Å². The number of piperazine rings is 2. The first-order chi connectivity index (χ1) is 37.2. The predicted molar refractivity (Wildman–Crippen MR) is 318 cm³/mol. The molecule has 0 saturated carbocycles. The number of halogens is 4. The number of pyridine rings is 2. The van der Waals surface area contributed by atoms with Crippen LogP contribution < -0.4 is 46.0 Å². The standard InChI is InChI=1S/C27H34Cl2N6O4.C23H28Cl2N6O3.C4H10.CH4/c1-5-7-21(36)34-12-10-33(11-13-34)8-6-9-35-25-17(16-31-27(30-2)32-25)14-18(26(35)37)22-23(28)19(38-3)15-20(39-4)24(22)29;1-26-23-28-13-14-11-15(18-19(24)16(33-2)12-17(34-3)20(18)25)22(32)31(21(14)29-23)8-4-7-30-9-5-27-6-10-30;1-3-4-2;/h14-16H,5-13H2,1-4H3,(H,30,31,32);11-13,27H,4-10H2,1-3H3,(H,26,28,29);3-4H2,1-2H3;1H4. The van der Waals surface area contributed by atoms with Crippen LogP contribution in [0.25, 0.3) is 44.3 Å². The molecule has 8 rings (SSSR count). The second kappa shape index (κ2) is 30.6. The predicted octanol–water partition coefficient (Wildman–Crippen LogP) is 9.72. The van der Waals surface area contributed by atoms with Gasteiger partial charge in [0.25, 0.3) is 11.1 Å². The van der Waals surface area contributed by atoms with E-state index < -0.39 is 0 Å². The Morgan fingerprint density at radius 3 is 1.31 bits per heavy atom. The molecule has 0 radical (unpaired) electrons. The van der Waals surface area contributed by atoms with Crippen LogP contribution in [-0.2, 0) is 17.9 Å². The van der Waals surface area contributed by atoms with Crippen LogP contribution in [0.1, 0.15) is 66.7 Å². The molecule has 1 amide bonds. The molecule has 2 saturated heterocycles. The van der Waals surface area contributed by atoms with Crippen molar-refractivity contribution in [3.63, 3.8) is 0 Å². The smallest absolute Gasteiger partial charge is 0.260 e. The molecule has 426 valence electrons. The summed E-state index contributed by atoms with van der Waals surface area (Å²) in [4.78, 5) is 64.5. The van der Waals surface area contributed by atoms with Gasteiger partial charge in [-0.3, -0.25) is 28.4 Å². The van der Waals surface area contributed by atoms with Gasteiger partial charge in [-0.2, -0.15) is 9.97 Å². The van der Waals surface area contributed by atoms with Gasteiger partial charge in [0.1, 0.15) is 34.3 Å². The van der Waals surface area contributed by atoms with Crippen LogP contribution in [-0.4, -0.2) is 158 Å². The van der Waals surface area contributed by atoms with Crippen molar-refractivity contribution in [2.45, 2.75) is 79.8 Å². The summed E-state index contributed by atoms with van der Waals surface area (Å²) in [5, 5.41) is 11.5. The molecule has 2 aromatic carbocycles. The largest absolute Gasteiger partial charge is 0.495 e. The fourth-order valence-electron chi connectivity index (χ4n) is 9.01. The molecule has 4 aromatic heterocycles. The van der Waals surface area contributed by atoms with Crippen molar-refractivity contribution in [2.24, 2.45) is 0 Å². The Kier molecular flexibility index (Phi) is 24.8.